The Bertz CT molecular complexity index is 1450. The van der Waals surface area contributed by atoms with Crippen LogP contribution in [0.4, 0.5) is 10.5 Å². The minimum absolute atomic E-state index is 0.208. The van der Waals surface area contributed by atoms with E-state index < -0.39 is 0 Å². The number of likely N-dealkylation sites (N-methyl/N-ethyl adjacent to an activating group) is 1. The molecule has 0 N–H and O–H groups in total. The van der Waals surface area contributed by atoms with Crippen LogP contribution in [0.2, 0.25) is 0 Å². The normalized spacial score (nSPS) is 16.6. The SMILES string of the molecule is COc1ccc(Oc2ccc(C=C3SC(=O)N(c4ccc(OCCCCC(=O)N5CCN(C)CC5)cc4)C3=O)cc2)cc1. The molecule has 0 spiro atoms. The predicted molar refractivity (Wildman–Crippen MR) is 168 cm³/mol. The van der Waals surface area contributed by atoms with Crippen LogP contribution in [0, 0.1) is 0 Å². The zero-order valence-corrected chi connectivity index (χ0v) is 25.2. The highest BCUT2D eigenvalue weighted by Crippen LogP contribution is 2.36. The topological polar surface area (TPSA) is 88.6 Å². The molecule has 3 aromatic carbocycles. The Labute approximate surface area is 256 Å². The van der Waals surface area contributed by atoms with E-state index in [0.29, 0.717) is 40.9 Å². The van der Waals surface area contributed by atoms with Crippen LogP contribution < -0.4 is 19.1 Å². The molecule has 0 aromatic heterocycles. The first kappa shape index (κ1) is 30.2. The van der Waals surface area contributed by atoms with Crippen LogP contribution in [0.3, 0.4) is 0 Å². The second kappa shape index (κ2) is 14.3. The number of imide groups is 1. The molecule has 0 bridgehead atoms. The van der Waals surface area contributed by atoms with Crippen molar-refractivity contribution in [2.75, 3.05) is 51.8 Å². The maximum atomic E-state index is 13.1. The van der Waals surface area contributed by atoms with Gasteiger partial charge in [-0.15, -0.1) is 0 Å². The van der Waals surface area contributed by atoms with Crippen LogP contribution in [0.25, 0.3) is 6.08 Å². The highest BCUT2D eigenvalue weighted by molar-refractivity contribution is 8.19. The summed E-state index contributed by atoms with van der Waals surface area (Å²) in [6.45, 7) is 3.93. The molecular weight excluding hydrogens is 566 g/mol. The summed E-state index contributed by atoms with van der Waals surface area (Å²) in [5.74, 6) is 2.56. The molecule has 0 atom stereocenters. The third-order valence-electron chi connectivity index (χ3n) is 7.27. The van der Waals surface area contributed by atoms with Crippen molar-refractivity contribution in [2.45, 2.75) is 19.3 Å². The summed E-state index contributed by atoms with van der Waals surface area (Å²) in [5, 5.41) is -0.352. The lowest BCUT2D eigenvalue weighted by atomic mass is 10.2. The Kier molecular flexibility index (Phi) is 10.0. The van der Waals surface area contributed by atoms with E-state index in [-0.39, 0.29) is 17.1 Å². The van der Waals surface area contributed by atoms with Crippen LogP contribution >= 0.6 is 11.8 Å². The van der Waals surface area contributed by atoms with Gasteiger partial charge in [-0.1, -0.05) is 12.1 Å². The number of ether oxygens (including phenoxy) is 3. The Morgan fingerprint density at radius 2 is 1.42 bits per heavy atom. The smallest absolute Gasteiger partial charge is 0.298 e. The summed E-state index contributed by atoms with van der Waals surface area (Å²) in [4.78, 5) is 43.9. The van der Waals surface area contributed by atoms with Crippen molar-refractivity contribution in [2.24, 2.45) is 0 Å². The number of hydrogen-bond acceptors (Lipinski definition) is 8. The van der Waals surface area contributed by atoms with Gasteiger partial charge in [-0.3, -0.25) is 14.4 Å². The molecule has 5 rings (SSSR count). The Morgan fingerprint density at radius 3 is 2.07 bits per heavy atom. The predicted octanol–water partition coefficient (Wildman–Crippen LogP) is 6.05. The summed E-state index contributed by atoms with van der Waals surface area (Å²) in [5.41, 5.74) is 1.26. The second-order valence-corrected chi connectivity index (χ2v) is 11.3. The number of benzene rings is 3. The first-order valence-electron chi connectivity index (χ1n) is 14.3. The number of thioether (sulfide) groups is 1. The van der Waals surface area contributed by atoms with Gasteiger partial charge in [-0.25, -0.2) is 4.90 Å². The molecule has 2 aliphatic rings. The second-order valence-electron chi connectivity index (χ2n) is 10.3. The van der Waals surface area contributed by atoms with Crippen molar-refractivity contribution >= 4 is 40.6 Å². The number of carbonyl (C=O) groups excluding carboxylic acids is 3. The van der Waals surface area contributed by atoms with E-state index in [1.165, 1.54) is 4.90 Å². The van der Waals surface area contributed by atoms with Gasteiger partial charge in [0, 0.05) is 32.6 Å². The quantitative estimate of drug-likeness (QED) is 0.194. The van der Waals surface area contributed by atoms with E-state index in [2.05, 4.69) is 11.9 Å². The van der Waals surface area contributed by atoms with Crippen LogP contribution in [0.15, 0.2) is 77.7 Å². The van der Waals surface area contributed by atoms with E-state index in [1.54, 1.807) is 37.5 Å². The molecule has 2 saturated heterocycles. The Balaban J connectivity index is 1.09. The molecular formula is C33H35N3O6S. The van der Waals surface area contributed by atoms with E-state index in [4.69, 9.17) is 14.2 Å². The van der Waals surface area contributed by atoms with Gasteiger partial charge >= 0.3 is 0 Å². The van der Waals surface area contributed by atoms with Crippen molar-refractivity contribution < 1.29 is 28.6 Å². The molecule has 10 heteroatoms. The van der Waals surface area contributed by atoms with Crippen LogP contribution in [-0.4, -0.2) is 73.8 Å². The molecule has 224 valence electrons. The fourth-order valence-corrected chi connectivity index (χ4v) is 5.57. The third-order valence-corrected chi connectivity index (χ3v) is 8.14. The molecule has 3 amide bonds. The number of piperazine rings is 1. The average Bonchev–Trinajstić information content (AvgIpc) is 3.30. The molecule has 0 aliphatic carbocycles. The van der Waals surface area contributed by atoms with Crippen LogP contribution in [-0.2, 0) is 9.59 Å². The zero-order valence-electron chi connectivity index (χ0n) is 24.4. The maximum Gasteiger partial charge on any atom is 0.298 e. The van der Waals surface area contributed by atoms with Crippen molar-refractivity contribution in [3.63, 3.8) is 0 Å². The van der Waals surface area contributed by atoms with Crippen molar-refractivity contribution in [1.29, 1.82) is 0 Å². The molecule has 43 heavy (non-hydrogen) atoms. The Hall–Kier alpha value is -4.28. The number of methoxy groups -OCH3 is 1. The third kappa shape index (κ3) is 7.97. The number of amides is 3. The van der Waals surface area contributed by atoms with Gasteiger partial charge in [0.05, 0.1) is 24.3 Å². The molecule has 2 heterocycles. The molecule has 9 nitrogen and oxygen atoms in total. The van der Waals surface area contributed by atoms with E-state index in [1.807, 2.05) is 53.4 Å². The fraction of sp³-hybridized carbons (Fsp3) is 0.303. The highest BCUT2D eigenvalue weighted by atomic mass is 32.2. The summed E-state index contributed by atoms with van der Waals surface area (Å²) < 4.78 is 16.8. The first-order chi connectivity index (χ1) is 20.9. The van der Waals surface area contributed by atoms with Crippen LogP contribution in [0.5, 0.6) is 23.0 Å². The summed E-state index contributed by atoms with van der Waals surface area (Å²) in [6.07, 6.45) is 3.77. The van der Waals surface area contributed by atoms with Gasteiger partial charge in [-0.05, 0) is 104 Å². The number of hydrogen-bond donors (Lipinski definition) is 0. The van der Waals surface area contributed by atoms with Crippen molar-refractivity contribution in [3.8, 4) is 23.0 Å². The standard InChI is InChI=1S/C33H35N3O6S/c1-34-18-20-35(21-19-34)31(37)5-3-4-22-41-27-12-8-25(9-13-27)36-32(38)30(43-33(36)39)23-24-6-10-28(11-7-24)42-29-16-14-26(40-2)15-17-29/h6-17,23H,3-5,18-22H2,1-2H3. The maximum absolute atomic E-state index is 13.1. The summed E-state index contributed by atoms with van der Waals surface area (Å²) >= 11 is 0.909. The van der Waals surface area contributed by atoms with Gasteiger partial charge < -0.3 is 24.0 Å². The molecule has 2 fully saturated rings. The lowest BCUT2D eigenvalue weighted by molar-refractivity contribution is -0.132. The minimum atomic E-state index is -0.368. The molecule has 0 unspecified atom stereocenters. The molecule has 0 radical (unpaired) electrons. The van der Waals surface area contributed by atoms with Crippen molar-refractivity contribution in [3.05, 3.63) is 83.3 Å². The molecule has 0 saturated carbocycles. The lowest BCUT2D eigenvalue weighted by Crippen LogP contribution is -2.47. The van der Waals surface area contributed by atoms with E-state index in [9.17, 15) is 14.4 Å². The van der Waals surface area contributed by atoms with Crippen LogP contribution in [0.1, 0.15) is 24.8 Å². The number of nitrogens with zero attached hydrogens (tertiary/aromatic N) is 3. The Morgan fingerprint density at radius 1 is 0.814 bits per heavy atom. The lowest BCUT2D eigenvalue weighted by Gasteiger charge is -2.32. The van der Waals surface area contributed by atoms with E-state index in [0.717, 1.165) is 62.1 Å². The van der Waals surface area contributed by atoms with Gasteiger partial charge in [0.15, 0.2) is 0 Å². The monoisotopic (exact) mass is 601 g/mol. The first-order valence-corrected chi connectivity index (χ1v) is 15.1. The van der Waals surface area contributed by atoms with Gasteiger partial charge in [-0.2, -0.15) is 0 Å². The molecule has 3 aromatic rings. The summed E-state index contributed by atoms with van der Waals surface area (Å²) in [7, 11) is 3.68. The van der Waals surface area contributed by atoms with Gasteiger partial charge in [0.25, 0.3) is 11.1 Å². The summed E-state index contributed by atoms with van der Waals surface area (Å²) in [6, 6.07) is 21.5. The zero-order chi connectivity index (χ0) is 30.2. The number of unbranched alkanes of at least 4 members (excludes halogenated alkanes) is 1. The molecule has 2 aliphatic heterocycles. The van der Waals surface area contributed by atoms with Crippen molar-refractivity contribution in [1.82, 2.24) is 9.80 Å². The van der Waals surface area contributed by atoms with Gasteiger partial charge in [0.1, 0.15) is 23.0 Å². The van der Waals surface area contributed by atoms with E-state index >= 15 is 0 Å². The number of anilines is 1. The average molecular weight is 602 g/mol. The fourth-order valence-electron chi connectivity index (χ4n) is 4.73. The number of rotatable bonds is 11. The highest BCUT2D eigenvalue weighted by Gasteiger charge is 2.36. The van der Waals surface area contributed by atoms with Gasteiger partial charge in [0.2, 0.25) is 5.91 Å². The minimum Gasteiger partial charge on any atom is -0.497 e. The largest absolute Gasteiger partial charge is 0.497 e. The number of carbonyl (C=O) groups is 3.